The first-order valence-corrected chi connectivity index (χ1v) is 7.20. The topological polar surface area (TPSA) is 64.2 Å². The molecule has 1 aliphatic rings. The van der Waals surface area contributed by atoms with Crippen molar-refractivity contribution < 1.29 is 0 Å². The third-order valence-corrected chi connectivity index (χ3v) is 4.45. The number of aromatic nitrogens is 2. The van der Waals surface area contributed by atoms with Crippen molar-refractivity contribution in [2.24, 2.45) is 7.05 Å². The fourth-order valence-electron chi connectivity index (χ4n) is 2.57. The van der Waals surface area contributed by atoms with Gasteiger partial charge in [0.15, 0.2) is 0 Å². The highest BCUT2D eigenvalue weighted by molar-refractivity contribution is 9.10. The molecule has 1 aromatic heterocycles. The summed E-state index contributed by atoms with van der Waals surface area (Å²) in [5.74, 6) is 0. The number of nitrogens with zero attached hydrogens (tertiary/aromatic N) is 3. The van der Waals surface area contributed by atoms with Gasteiger partial charge in [-0.1, -0.05) is 12.1 Å². The van der Waals surface area contributed by atoms with Gasteiger partial charge in [-0.25, -0.2) is 4.68 Å². The van der Waals surface area contributed by atoms with Gasteiger partial charge in [-0.2, -0.15) is 5.10 Å². The van der Waals surface area contributed by atoms with E-state index >= 15 is 0 Å². The average Bonchev–Trinajstić information content (AvgIpc) is 2.45. The van der Waals surface area contributed by atoms with Gasteiger partial charge in [-0.15, -0.1) is 0 Å². The fraction of sp³-hybridized carbons (Fsp3) is 0.286. The zero-order chi connectivity index (χ0) is 14.3. The standard InChI is InChI=1S/C14H15BrN4O/c1-18-14(20)13(15)12(7-17-18)19-6-5-10-9(8-19)3-2-4-11(10)16/h2-4,7H,5-6,8,16H2,1H3. The fourth-order valence-corrected chi connectivity index (χ4v) is 3.18. The zero-order valence-electron chi connectivity index (χ0n) is 11.1. The maximum absolute atomic E-state index is 11.9. The molecule has 2 aromatic rings. The molecule has 0 saturated carbocycles. The molecular weight excluding hydrogens is 320 g/mol. The monoisotopic (exact) mass is 334 g/mol. The number of nitrogens with two attached hydrogens (primary N) is 1. The highest BCUT2D eigenvalue weighted by Gasteiger charge is 2.21. The van der Waals surface area contributed by atoms with Gasteiger partial charge >= 0.3 is 0 Å². The first kappa shape index (κ1) is 13.2. The number of nitrogen functional groups attached to an aromatic ring is 1. The van der Waals surface area contributed by atoms with Crippen LogP contribution < -0.4 is 16.2 Å². The highest BCUT2D eigenvalue weighted by Crippen LogP contribution is 2.29. The summed E-state index contributed by atoms with van der Waals surface area (Å²) in [5.41, 5.74) is 10.00. The van der Waals surface area contributed by atoms with Crippen LogP contribution >= 0.6 is 15.9 Å². The molecule has 104 valence electrons. The minimum atomic E-state index is -0.124. The molecular formula is C14H15BrN4O. The van der Waals surface area contributed by atoms with Crippen molar-refractivity contribution in [2.75, 3.05) is 17.2 Å². The van der Waals surface area contributed by atoms with Crippen LogP contribution in [0.5, 0.6) is 0 Å². The lowest BCUT2D eigenvalue weighted by Crippen LogP contribution is -2.33. The Morgan fingerprint density at radius 3 is 3.00 bits per heavy atom. The van der Waals surface area contributed by atoms with Crippen molar-refractivity contribution in [3.8, 4) is 0 Å². The Morgan fingerprint density at radius 2 is 2.20 bits per heavy atom. The molecule has 0 spiro atoms. The van der Waals surface area contributed by atoms with Crippen LogP contribution in [0.15, 0.2) is 33.7 Å². The van der Waals surface area contributed by atoms with Crippen LogP contribution in [0.4, 0.5) is 11.4 Å². The number of benzene rings is 1. The Balaban J connectivity index is 1.99. The minimum Gasteiger partial charge on any atom is -0.398 e. The number of hydrogen-bond donors (Lipinski definition) is 1. The molecule has 0 radical (unpaired) electrons. The molecule has 0 amide bonds. The summed E-state index contributed by atoms with van der Waals surface area (Å²) in [6.07, 6.45) is 2.60. The van der Waals surface area contributed by atoms with Gasteiger partial charge in [0, 0.05) is 25.8 Å². The molecule has 1 aromatic carbocycles. The second-order valence-electron chi connectivity index (χ2n) is 4.93. The number of halogens is 1. The van der Waals surface area contributed by atoms with E-state index in [1.807, 2.05) is 12.1 Å². The van der Waals surface area contributed by atoms with Crippen LogP contribution in [0.1, 0.15) is 11.1 Å². The predicted molar refractivity (Wildman–Crippen MR) is 82.8 cm³/mol. The lowest BCUT2D eigenvalue weighted by atomic mass is 9.98. The molecule has 0 atom stereocenters. The van der Waals surface area contributed by atoms with Gasteiger partial charge < -0.3 is 10.6 Å². The number of rotatable bonds is 1. The molecule has 0 aliphatic carbocycles. The molecule has 2 heterocycles. The van der Waals surface area contributed by atoms with Gasteiger partial charge in [-0.3, -0.25) is 4.79 Å². The molecule has 20 heavy (non-hydrogen) atoms. The van der Waals surface area contributed by atoms with E-state index in [4.69, 9.17) is 5.73 Å². The van der Waals surface area contributed by atoms with E-state index in [0.29, 0.717) is 4.47 Å². The molecule has 5 nitrogen and oxygen atoms in total. The van der Waals surface area contributed by atoms with Crippen molar-refractivity contribution >= 4 is 27.3 Å². The van der Waals surface area contributed by atoms with Gasteiger partial charge in [0.1, 0.15) is 4.47 Å². The summed E-state index contributed by atoms with van der Waals surface area (Å²) in [6.45, 7) is 1.57. The van der Waals surface area contributed by atoms with Crippen LogP contribution in [0.25, 0.3) is 0 Å². The third kappa shape index (κ3) is 2.10. The van der Waals surface area contributed by atoms with Crippen LogP contribution in [-0.4, -0.2) is 16.3 Å². The first-order valence-electron chi connectivity index (χ1n) is 6.41. The largest absolute Gasteiger partial charge is 0.398 e. The average molecular weight is 335 g/mol. The Hall–Kier alpha value is -1.82. The molecule has 0 saturated heterocycles. The van der Waals surface area contributed by atoms with Crippen molar-refractivity contribution in [1.29, 1.82) is 0 Å². The second-order valence-corrected chi connectivity index (χ2v) is 5.72. The summed E-state index contributed by atoms with van der Waals surface area (Å²) in [4.78, 5) is 14.1. The van der Waals surface area contributed by atoms with Gasteiger partial charge in [-0.05, 0) is 39.5 Å². The summed E-state index contributed by atoms with van der Waals surface area (Å²) in [5, 5.41) is 4.10. The number of aryl methyl sites for hydroxylation is 1. The summed E-state index contributed by atoms with van der Waals surface area (Å²) in [6, 6.07) is 5.99. The Morgan fingerprint density at radius 1 is 1.40 bits per heavy atom. The molecule has 0 fully saturated rings. The normalized spacial score (nSPS) is 14.2. The minimum absolute atomic E-state index is 0.124. The smallest absolute Gasteiger partial charge is 0.282 e. The lowest BCUT2D eigenvalue weighted by molar-refractivity contribution is 0.681. The van der Waals surface area contributed by atoms with Crippen LogP contribution in [-0.2, 0) is 20.0 Å². The quantitative estimate of drug-likeness (QED) is 0.806. The van der Waals surface area contributed by atoms with E-state index < -0.39 is 0 Å². The lowest BCUT2D eigenvalue weighted by Gasteiger charge is -2.31. The number of fused-ring (bicyclic) bond motifs is 1. The summed E-state index contributed by atoms with van der Waals surface area (Å²) in [7, 11) is 1.64. The first-order chi connectivity index (χ1) is 9.58. The van der Waals surface area contributed by atoms with E-state index in [0.717, 1.165) is 30.9 Å². The number of anilines is 2. The van der Waals surface area contributed by atoms with Crippen LogP contribution in [0.3, 0.4) is 0 Å². The maximum Gasteiger partial charge on any atom is 0.282 e. The molecule has 3 rings (SSSR count). The van der Waals surface area contributed by atoms with E-state index in [9.17, 15) is 4.79 Å². The van der Waals surface area contributed by atoms with E-state index in [1.54, 1.807) is 13.2 Å². The van der Waals surface area contributed by atoms with E-state index in [-0.39, 0.29) is 5.56 Å². The molecule has 0 unspecified atom stereocenters. The SMILES string of the molecule is Cn1ncc(N2CCc3c(N)cccc3C2)c(Br)c1=O. The van der Waals surface area contributed by atoms with Gasteiger partial charge in [0.05, 0.1) is 11.9 Å². The molecule has 6 heteroatoms. The second kappa shape index (κ2) is 4.94. The molecule has 2 N–H and O–H groups in total. The number of hydrogen-bond acceptors (Lipinski definition) is 4. The van der Waals surface area contributed by atoms with Crippen molar-refractivity contribution in [3.63, 3.8) is 0 Å². The van der Waals surface area contributed by atoms with E-state index in [2.05, 4.69) is 32.0 Å². The van der Waals surface area contributed by atoms with Crippen molar-refractivity contribution in [1.82, 2.24) is 9.78 Å². The van der Waals surface area contributed by atoms with Gasteiger partial charge in [0.25, 0.3) is 5.56 Å². The Labute approximate surface area is 125 Å². The molecule has 1 aliphatic heterocycles. The third-order valence-electron chi connectivity index (χ3n) is 3.70. The Kier molecular flexibility index (Phi) is 3.25. The van der Waals surface area contributed by atoms with Crippen LogP contribution in [0, 0.1) is 0 Å². The maximum atomic E-state index is 11.9. The van der Waals surface area contributed by atoms with E-state index in [1.165, 1.54) is 15.8 Å². The Bertz CT molecular complexity index is 726. The van der Waals surface area contributed by atoms with Gasteiger partial charge in [0.2, 0.25) is 0 Å². The summed E-state index contributed by atoms with van der Waals surface area (Å²) >= 11 is 3.38. The zero-order valence-corrected chi connectivity index (χ0v) is 12.7. The van der Waals surface area contributed by atoms with Crippen molar-refractivity contribution in [2.45, 2.75) is 13.0 Å². The molecule has 0 bridgehead atoms. The highest BCUT2D eigenvalue weighted by atomic mass is 79.9. The van der Waals surface area contributed by atoms with Crippen LogP contribution in [0.2, 0.25) is 0 Å². The predicted octanol–water partition coefficient (Wildman–Crippen LogP) is 1.69. The summed E-state index contributed by atoms with van der Waals surface area (Å²) < 4.78 is 1.88. The van der Waals surface area contributed by atoms with Crippen molar-refractivity contribution in [3.05, 3.63) is 50.3 Å².